The van der Waals surface area contributed by atoms with Crippen LogP contribution in [0.15, 0.2) is 24.3 Å². The predicted octanol–water partition coefficient (Wildman–Crippen LogP) is 3.35. The number of ether oxygens (including phenoxy) is 2. The second-order valence-corrected chi connectivity index (χ2v) is 8.54. The summed E-state index contributed by atoms with van der Waals surface area (Å²) in [4.78, 5) is 17.7. The summed E-state index contributed by atoms with van der Waals surface area (Å²) in [5, 5.41) is 0. The van der Waals surface area contributed by atoms with Gasteiger partial charge >= 0.3 is 7.82 Å². The van der Waals surface area contributed by atoms with Crippen molar-refractivity contribution < 1.29 is 28.3 Å². The molecule has 0 unspecified atom stereocenters. The van der Waals surface area contributed by atoms with E-state index in [4.69, 9.17) is 25.0 Å². The van der Waals surface area contributed by atoms with Crippen LogP contribution in [0.3, 0.4) is 0 Å². The molecule has 27 heavy (non-hydrogen) atoms. The molecule has 0 aliphatic heterocycles. The number of hydrogen-bond acceptors (Lipinski definition) is 5. The first-order chi connectivity index (χ1) is 12.8. The topological polar surface area (TPSA) is 111 Å². The third-order valence-corrected chi connectivity index (χ3v) is 5.37. The van der Waals surface area contributed by atoms with Gasteiger partial charge in [-0.15, -0.1) is 0 Å². The van der Waals surface area contributed by atoms with Crippen molar-refractivity contribution in [3.8, 4) is 5.75 Å². The lowest BCUT2D eigenvalue weighted by Crippen LogP contribution is -2.41. The Bertz CT molecular complexity index is 605. The number of phosphoric acid groups is 1. The zero-order valence-corrected chi connectivity index (χ0v) is 16.9. The molecular weight excluding hydrogens is 369 g/mol. The molecule has 0 bridgehead atoms. The second-order valence-electron chi connectivity index (χ2n) is 7.30. The highest BCUT2D eigenvalue weighted by atomic mass is 31.2. The summed E-state index contributed by atoms with van der Waals surface area (Å²) in [6, 6.07) is 7.93. The van der Waals surface area contributed by atoms with Gasteiger partial charge in [0, 0.05) is 12.1 Å². The smallest absolute Gasteiger partial charge is 0.469 e. The van der Waals surface area contributed by atoms with Crippen LogP contribution in [0.4, 0.5) is 0 Å². The molecule has 8 heteroatoms. The van der Waals surface area contributed by atoms with Crippen molar-refractivity contribution in [2.24, 2.45) is 5.73 Å². The highest BCUT2D eigenvalue weighted by molar-refractivity contribution is 7.46. The van der Waals surface area contributed by atoms with Crippen molar-refractivity contribution >= 4 is 7.82 Å². The van der Waals surface area contributed by atoms with Crippen molar-refractivity contribution in [2.45, 2.75) is 56.9 Å². The van der Waals surface area contributed by atoms with E-state index in [0.29, 0.717) is 26.1 Å². The normalized spacial score (nSPS) is 22.9. The van der Waals surface area contributed by atoms with Gasteiger partial charge in [-0.3, -0.25) is 4.52 Å². The minimum absolute atomic E-state index is 0.132. The lowest BCUT2D eigenvalue weighted by molar-refractivity contribution is 0.0973. The van der Waals surface area contributed by atoms with Crippen LogP contribution in [0.25, 0.3) is 0 Å². The van der Waals surface area contributed by atoms with Crippen molar-refractivity contribution in [2.75, 3.05) is 26.4 Å². The van der Waals surface area contributed by atoms with Crippen molar-refractivity contribution in [1.29, 1.82) is 0 Å². The van der Waals surface area contributed by atoms with Gasteiger partial charge in [0.05, 0.1) is 13.2 Å². The quantitative estimate of drug-likeness (QED) is 0.364. The zero-order chi connectivity index (χ0) is 19.8. The van der Waals surface area contributed by atoms with Gasteiger partial charge in [-0.05, 0) is 49.3 Å². The number of benzene rings is 1. The molecule has 1 aliphatic carbocycles. The summed E-state index contributed by atoms with van der Waals surface area (Å²) < 4.78 is 26.7. The maximum atomic E-state index is 10.9. The standard InChI is InChI=1S/C19H32NO6P/c1-2-3-4-11-24-12-13-25-18-7-5-16(6-8-18)17-9-10-19(20,14-17)15-26-27(21,22)23/h5-8,17H,2-4,9-15,20H2,1H3,(H2,21,22,23)/t17-,19-/m1/s1. The molecular formula is C19H32NO6P. The highest BCUT2D eigenvalue weighted by Gasteiger charge is 2.38. The van der Waals surface area contributed by atoms with E-state index in [2.05, 4.69) is 11.4 Å². The van der Waals surface area contributed by atoms with Gasteiger partial charge in [-0.1, -0.05) is 31.9 Å². The lowest BCUT2D eigenvalue weighted by Gasteiger charge is -2.24. The fourth-order valence-corrected chi connectivity index (χ4v) is 3.82. The molecule has 1 aliphatic rings. The summed E-state index contributed by atoms with van der Waals surface area (Å²) in [7, 11) is -4.49. The summed E-state index contributed by atoms with van der Waals surface area (Å²) in [6.45, 7) is 3.93. The Hall–Kier alpha value is -0.950. The van der Waals surface area contributed by atoms with Crippen LogP contribution in [-0.2, 0) is 13.8 Å². The Morgan fingerprint density at radius 2 is 1.93 bits per heavy atom. The number of unbranched alkanes of at least 4 members (excludes halogenated alkanes) is 2. The Morgan fingerprint density at radius 3 is 2.59 bits per heavy atom. The van der Waals surface area contributed by atoms with Crippen molar-refractivity contribution in [3.05, 3.63) is 29.8 Å². The molecule has 7 nitrogen and oxygen atoms in total. The molecule has 0 saturated heterocycles. The van der Waals surface area contributed by atoms with Gasteiger partial charge in [0.2, 0.25) is 0 Å². The van der Waals surface area contributed by atoms with E-state index in [0.717, 1.165) is 30.8 Å². The van der Waals surface area contributed by atoms with Gasteiger partial charge in [-0.2, -0.15) is 0 Å². The lowest BCUT2D eigenvalue weighted by atomic mass is 9.94. The highest BCUT2D eigenvalue weighted by Crippen LogP contribution is 2.43. The van der Waals surface area contributed by atoms with E-state index in [1.807, 2.05) is 24.3 Å². The number of nitrogens with two attached hydrogens (primary N) is 1. The Balaban J connectivity index is 1.73. The van der Waals surface area contributed by atoms with Crippen LogP contribution < -0.4 is 10.5 Å². The maximum absolute atomic E-state index is 10.9. The van der Waals surface area contributed by atoms with Crippen LogP contribution in [0.2, 0.25) is 0 Å². The van der Waals surface area contributed by atoms with Crippen molar-refractivity contribution in [1.82, 2.24) is 0 Å². The van der Waals surface area contributed by atoms with Crippen LogP contribution in [0, 0.1) is 0 Å². The third-order valence-electron chi connectivity index (χ3n) is 4.90. The molecule has 1 aromatic carbocycles. The Kier molecular flexibility index (Phi) is 8.73. The first-order valence-electron chi connectivity index (χ1n) is 9.61. The van der Waals surface area contributed by atoms with Gasteiger partial charge in [0.1, 0.15) is 12.4 Å². The van der Waals surface area contributed by atoms with Gasteiger partial charge in [0.15, 0.2) is 0 Å². The van der Waals surface area contributed by atoms with E-state index in [-0.39, 0.29) is 12.5 Å². The molecule has 1 aromatic rings. The molecule has 0 aromatic heterocycles. The van der Waals surface area contributed by atoms with Crippen LogP contribution >= 0.6 is 7.82 Å². The SMILES string of the molecule is CCCCCOCCOc1ccc([C@@H]2CC[C@](N)(COP(=O)(O)O)C2)cc1. The molecule has 1 saturated carbocycles. The van der Waals surface area contributed by atoms with E-state index >= 15 is 0 Å². The summed E-state index contributed by atoms with van der Waals surface area (Å²) in [5.41, 5.74) is 6.70. The molecule has 0 spiro atoms. The maximum Gasteiger partial charge on any atom is 0.469 e. The zero-order valence-electron chi connectivity index (χ0n) is 16.0. The molecule has 4 N–H and O–H groups in total. The average Bonchev–Trinajstić information content (AvgIpc) is 3.02. The molecule has 0 radical (unpaired) electrons. The van der Waals surface area contributed by atoms with Gasteiger partial charge < -0.3 is 25.0 Å². The van der Waals surface area contributed by atoms with Crippen molar-refractivity contribution in [3.63, 3.8) is 0 Å². The summed E-state index contributed by atoms with van der Waals surface area (Å²) in [6.07, 6.45) is 5.65. The van der Waals surface area contributed by atoms with E-state index in [1.165, 1.54) is 12.8 Å². The first-order valence-corrected chi connectivity index (χ1v) is 11.1. The van der Waals surface area contributed by atoms with E-state index in [1.54, 1.807) is 0 Å². The minimum atomic E-state index is -4.49. The number of rotatable bonds is 12. The molecule has 154 valence electrons. The fraction of sp³-hybridized carbons (Fsp3) is 0.684. The Labute approximate surface area is 161 Å². The van der Waals surface area contributed by atoms with E-state index in [9.17, 15) is 4.57 Å². The monoisotopic (exact) mass is 401 g/mol. The third kappa shape index (κ3) is 8.30. The molecule has 0 heterocycles. The largest absolute Gasteiger partial charge is 0.491 e. The predicted molar refractivity (Wildman–Crippen MR) is 104 cm³/mol. The van der Waals surface area contributed by atoms with Gasteiger partial charge in [0.25, 0.3) is 0 Å². The number of phosphoric ester groups is 1. The molecule has 2 rings (SSSR count). The summed E-state index contributed by atoms with van der Waals surface area (Å²) >= 11 is 0. The fourth-order valence-electron chi connectivity index (χ4n) is 3.40. The molecule has 1 fully saturated rings. The van der Waals surface area contributed by atoms with Gasteiger partial charge in [-0.25, -0.2) is 4.57 Å². The van der Waals surface area contributed by atoms with Crippen LogP contribution in [-0.4, -0.2) is 41.8 Å². The van der Waals surface area contributed by atoms with E-state index < -0.39 is 13.4 Å². The summed E-state index contributed by atoms with van der Waals surface area (Å²) in [5.74, 6) is 1.06. The van der Waals surface area contributed by atoms with Crippen LogP contribution in [0.1, 0.15) is 56.9 Å². The number of hydrogen-bond donors (Lipinski definition) is 3. The van der Waals surface area contributed by atoms with Crippen LogP contribution in [0.5, 0.6) is 5.75 Å². The molecule has 0 amide bonds. The molecule has 2 atom stereocenters. The minimum Gasteiger partial charge on any atom is -0.491 e. The second kappa shape index (κ2) is 10.6. The average molecular weight is 401 g/mol. The Morgan fingerprint density at radius 1 is 1.19 bits per heavy atom. The first kappa shape index (κ1) is 22.3.